The lowest BCUT2D eigenvalue weighted by Crippen LogP contribution is -2.36. The monoisotopic (exact) mass is 459 g/mol. The van der Waals surface area contributed by atoms with Crippen LogP contribution in [0.2, 0.25) is 0 Å². The van der Waals surface area contributed by atoms with E-state index in [1.54, 1.807) is 0 Å². The fraction of sp³-hybridized carbons (Fsp3) is 0.429. The van der Waals surface area contributed by atoms with Crippen molar-refractivity contribution in [3.8, 4) is 0 Å². The molecule has 1 aliphatic heterocycles. The fourth-order valence-electron chi connectivity index (χ4n) is 4.86. The average molecular weight is 460 g/mol. The third-order valence-corrected chi connectivity index (χ3v) is 6.83. The van der Waals surface area contributed by atoms with Gasteiger partial charge in [0.15, 0.2) is 0 Å². The molecule has 6 heteroatoms. The molecule has 1 unspecified atom stereocenters. The van der Waals surface area contributed by atoms with Gasteiger partial charge in [0.05, 0.1) is 12.2 Å². The van der Waals surface area contributed by atoms with Crippen LogP contribution in [-0.2, 0) is 26.2 Å². The van der Waals surface area contributed by atoms with Crippen LogP contribution in [0.3, 0.4) is 0 Å². The number of nitrogens with zero attached hydrogens (tertiary/aromatic N) is 3. The normalized spacial score (nSPS) is 16.4. The molecule has 0 radical (unpaired) electrons. The van der Waals surface area contributed by atoms with Gasteiger partial charge in [-0.1, -0.05) is 61.5 Å². The molecule has 1 atom stereocenters. The molecule has 1 aliphatic rings. The Kier molecular flexibility index (Phi) is 8.01. The molecule has 2 amide bonds. The maximum Gasteiger partial charge on any atom is 0.315 e. The number of benzene rings is 2. The summed E-state index contributed by atoms with van der Waals surface area (Å²) in [5.41, 5.74) is 6.80. The number of likely N-dealkylation sites (tertiary alicyclic amines) is 1. The van der Waals surface area contributed by atoms with Gasteiger partial charge in [-0.05, 0) is 55.8 Å². The van der Waals surface area contributed by atoms with E-state index in [1.165, 1.54) is 29.5 Å². The molecule has 4 rings (SSSR count). The van der Waals surface area contributed by atoms with E-state index in [2.05, 4.69) is 64.8 Å². The van der Waals surface area contributed by atoms with Crippen LogP contribution in [0.1, 0.15) is 53.4 Å². The van der Waals surface area contributed by atoms with E-state index < -0.39 is 0 Å². The minimum absolute atomic E-state index is 0.156. The standard InChI is InChI=1S/C28H37N5O/c1-21-10-9-15-32(18-21)20-26-14-8-7-13-25(26)16-29-28(34)30-17-27-22(2)31-33(23(27)3)19-24-11-5-4-6-12-24/h4-8,11-14,21H,9-10,15-20H2,1-3H3,(H2,29,30,34). The van der Waals surface area contributed by atoms with E-state index in [-0.39, 0.29) is 6.03 Å². The van der Waals surface area contributed by atoms with Gasteiger partial charge in [-0.3, -0.25) is 9.58 Å². The second-order valence-corrected chi connectivity index (χ2v) is 9.58. The first-order valence-corrected chi connectivity index (χ1v) is 12.4. The van der Waals surface area contributed by atoms with Crippen molar-refractivity contribution in [1.29, 1.82) is 0 Å². The summed E-state index contributed by atoms with van der Waals surface area (Å²) in [5, 5.41) is 10.8. The number of carbonyl (C=O) groups excluding carboxylic acids is 1. The summed E-state index contributed by atoms with van der Waals surface area (Å²) < 4.78 is 2.01. The van der Waals surface area contributed by atoms with Crippen LogP contribution >= 0.6 is 0 Å². The Morgan fingerprint density at radius 3 is 2.44 bits per heavy atom. The molecule has 1 saturated heterocycles. The van der Waals surface area contributed by atoms with Gasteiger partial charge in [0.1, 0.15) is 0 Å². The smallest absolute Gasteiger partial charge is 0.315 e. The topological polar surface area (TPSA) is 62.2 Å². The van der Waals surface area contributed by atoms with Crippen LogP contribution in [0.15, 0.2) is 54.6 Å². The number of rotatable bonds is 8. The van der Waals surface area contributed by atoms with E-state index in [1.807, 2.05) is 35.9 Å². The number of carbonyl (C=O) groups is 1. The first-order chi connectivity index (χ1) is 16.5. The number of hydrogen-bond donors (Lipinski definition) is 2. The van der Waals surface area contributed by atoms with E-state index >= 15 is 0 Å². The summed E-state index contributed by atoms with van der Waals surface area (Å²) in [6.07, 6.45) is 2.59. The van der Waals surface area contributed by atoms with Gasteiger partial charge in [0.2, 0.25) is 0 Å². The van der Waals surface area contributed by atoms with Crippen LogP contribution < -0.4 is 10.6 Å². The molecule has 1 fully saturated rings. The molecule has 0 aliphatic carbocycles. The van der Waals surface area contributed by atoms with Crippen molar-refractivity contribution in [1.82, 2.24) is 25.3 Å². The van der Waals surface area contributed by atoms with Crippen LogP contribution in [-0.4, -0.2) is 33.8 Å². The molecule has 0 saturated carbocycles. The molecule has 6 nitrogen and oxygen atoms in total. The number of amides is 2. The predicted octanol–water partition coefficient (Wildman–Crippen LogP) is 4.78. The van der Waals surface area contributed by atoms with Gasteiger partial charge < -0.3 is 10.6 Å². The molecule has 2 aromatic carbocycles. The highest BCUT2D eigenvalue weighted by Gasteiger charge is 2.17. The Morgan fingerprint density at radius 2 is 1.68 bits per heavy atom. The zero-order valence-electron chi connectivity index (χ0n) is 20.7. The minimum atomic E-state index is -0.156. The Labute approximate surface area is 203 Å². The van der Waals surface area contributed by atoms with Gasteiger partial charge in [0, 0.05) is 37.4 Å². The Morgan fingerprint density at radius 1 is 0.971 bits per heavy atom. The van der Waals surface area contributed by atoms with Crippen LogP contribution in [0.4, 0.5) is 4.79 Å². The molecular formula is C28H37N5O. The molecule has 0 bridgehead atoms. The summed E-state index contributed by atoms with van der Waals surface area (Å²) >= 11 is 0. The number of hydrogen-bond acceptors (Lipinski definition) is 3. The first kappa shape index (κ1) is 24.0. The van der Waals surface area contributed by atoms with E-state index in [0.29, 0.717) is 13.1 Å². The summed E-state index contributed by atoms with van der Waals surface area (Å²) in [4.78, 5) is 15.1. The van der Waals surface area contributed by atoms with Crippen molar-refractivity contribution in [2.75, 3.05) is 13.1 Å². The molecule has 180 valence electrons. The first-order valence-electron chi connectivity index (χ1n) is 12.4. The highest BCUT2D eigenvalue weighted by molar-refractivity contribution is 5.73. The van der Waals surface area contributed by atoms with Crippen molar-refractivity contribution < 1.29 is 4.79 Å². The van der Waals surface area contributed by atoms with Crippen LogP contribution in [0.5, 0.6) is 0 Å². The Hall–Kier alpha value is -3.12. The lowest BCUT2D eigenvalue weighted by molar-refractivity contribution is 0.176. The van der Waals surface area contributed by atoms with E-state index in [4.69, 9.17) is 0 Å². The summed E-state index contributed by atoms with van der Waals surface area (Å²) in [6.45, 7) is 11.4. The van der Waals surface area contributed by atoms with Gasteiger partial charge in [-0.2, -0.15) is 5.10 Å². The zero-order valence-corrected chi connectivity index (χ0v) is 20.7. The van der Waals surface area contributed by atoms with Gasteiger partial charge in [-0.15, -0.1) is 0 Å². The molecular weight excluding hydrogens is 422 g/mol. The molecule has 34 heavy (non-hydrogen) atoms. The van der Waals surface area contributed by atoms with E-state index in [0.717, 1.165) is 49.0 Å². The lowest BCUT2D eigenvalue weighted by atomic mass is 9.99. The van der Waals surface area contributed by atoms with Gasteiger partial charge >= 0.3 is 6.03 Å². The molecule has 0 spiro atoms. The van der Waals surface area contributed by atoms with Crippen molar-refractivity contribution in [2.24, 2.45) is 5.92 Å². The third kappa shape index (κ3) is 6.26. The summed E-state index contributed by atoms with van der Waals surface area (Å²) in [6, 6.07) is 18.6. The van der Waals surface area contributed by atoms with Crippen molar-refractivity contribution in [3.63, 3.8) is 0 Å². The largest absolute Gasteiger partial charge is 0.334 e. The number of nitrogens with one attached hydrogen (secondary N) is 2. The van der Waals surface area contributed by atoms with Crippen molar-refractivity contribution in [3.05, 3.63) is 88.2 Å². The third-order valence-electron chi connectivity index (χ3n) is 6.83. The Bertz CT molecular complexity index is 1090. The van der Waals surface area contributed by atoms with Crippen LogP contribution in [0.25, 0.3) is 0 Å². The minimum Gasteiger partial charge on any atom is -0.334 e. The maximum atomic E-state index is 12.6. The highest BCUT2D eigenvalue weighted by Crippen LogP contribution is 2.20. The zero-order chi connectivity index (χ0) is 23.9. The number of piperidine rings is 1. The summed E-state index contributed by atoms with van der Waals surface area (Å²) in [5.74, 6) is 0.758. The summed E-state index contributed by atoms with van der Waals surface area (Å²) in [7, 11) is 0. The highest BCUT2D eigenvalue weighted by atomic mass is 16.2. The number of aryl methyl sites for hydroxylation is 1. The molecule has 2 heterocycles. The lowest BCUT2D eigenvalue weighted by Gasteiger charge is -2.31. The average Bonchev–Trinajstić information content (AvgIpc) is 3.10. The van der Waals surface area contributed by atoms with Gasteiger partial charge in [-0.25, -0.2) is 4.79 Å². The predicted molar refractivity (Wildman–Crippen MR) is 136 cm³/mol. The fourth-order valence-corrected chi connectivity index (χ4v) is 4.86. The van der Waals surface area contributed by atoms with Gasteiger partial charge in [0.25, 0.3) is 0 Å². The van der Waals surface area contributed by atoms with E-state index in [9.17, 15) is 4.79 Å². The molecule has 1 aromatic heterocycles. The van der Waals surface area contributed by atoms with Crippen molar-refractivity contribution in [2.45, 2.75) is 59.8 Å². The molecule has 3 aromatic rings. The van der Waals surface area contributed by atoms with Crippen LogP contribution in [0, 0.1) is 19.8 Å². The van der Waals surface area contributed by atoms with Crippen molar-refractivity contribution >= 4 is 6.03 Å². The second-order valence-electron chi connectivity index (χ2n) is 9.58. The molecule has 2 N–H and O–H groups in total. The number of aromatic nitrogens is 2. The number of urea groups is 1. The SMILES string of the molecule is Cc1nn(Cc2ccccc2)c(C)c1CNC(=O)NCc1ccccc1CN1CCCC(C)C1. The maximum absolute atomic E-state index is 12.6. The second kappa shape index (κ2) is 11.3. The Balaban J connectivity index is 1.31. The quantitative estimate of drug-likeness (QED) is 0.510.